The number of aliphatic hydroxyl groups is 1. The van der Waals surface area contributed by atoms with Gasteiger partial charge >= 0.3 is 0 Å². The molecule has 2 aliphatic heterocycles. The second-order valence-corrected chi connectivity index (χ2v) is 4.04. The molecule has 2 rings (SSSR count). The Morgan fingerprint density at radius 2 is 2.29 bits per heavy atom. The fourth-order valence-corrected chi connectivity index (χ4v) is 2.20. The van der Waals surface area contributed by atoms with Crippen LogP contribution in [0.15, 0.2) is 0 Å². The summed E-state index contributed by atoms with van der Waals surface area (Å²) in [6, 6.07) is 0.543. The maximum absolute atomic E-state index is 9.02. The smallest absolute Gasteiger partial charge is 0.0933 e. The normalized spacial score (nSPS) is 35.8. The highest BCUT2D eigenvalue weighted by atomic mass is 16.5. The molecule has 4 nitrogen and oxygen atoms in total. The average Bonchev–Trinajstić information content (AvgIpc) is 2.30. The molecule has 2 saturated heterocycles. The van der Waals surface area contributed by atoms with Gasteiger partial charge in [-0.3, -0.25) is 4.90 Å². The maximum Gasteiger partial charge on any atom is 0.0933 e. The zero-order valence-electron chi connectivity index (χ0n) is 8.52. The van der Waals surface area contributed by atoms with E-state index in [4.69, 9.17) is 14.6 Å². The van der Waals surface area contributed by atoms with Crippen LogP contribution in [0.3, 0.4) is 0 Å². The monoisotopic (exact) mass is 201 g/mol. The molecule has 0 radical (unpaired) electrons. The van der Waals surface area contributed by atoms with Gasteiger partial charge in [-0.05, 0) is 12.8 Å². The Morgan fingerprint density at radius 1 is 1.36 bits per heavy atom. The lowest BCUT2D eigenvalue weighted by Crippen LogP contribution is -2.51. The summed E-state index contributed by atoms with van der Waals surface area (Å²) in [5, 5.41) is 9.02. The van der Waals surface area contributed by atoms with Crippen molar-refractivity contribution in [2.75, 3.05) is 39.5 Å². The second-order valence-electron chi connectivity index (χ2n) is 4.04. The third-order valence-corrected chi connectivity index (χ3v) is 3.03. The fourth-order valence-electron chi connectivity index (χ4n) is 2.20. The van der Waals surface area contributed by atoms with E-state index in [0.717, 1.165) is 39.3 Å². The number of hydrogen-bond donors (Lipinski definition) is 1. The first-order valence-electron chi connectivity index (χ1n) is 5.44. The van der Waals surface area contributed by atoms with Crippen LogP contribution in [0.2, 0.25) is 0 Å². The van der Waals surface area contributed by atoms with Crippen molar-refractivity contribution in [2.45, 2.75) is 25.0 Å². The van der Waals surface area contributed by atoms with Crippen molar-refractivity contribution in [2.24, 2.45) is 0 Å². The summed E-state index contributed by atoms with van der Waals surface area (Å²) in [6.07, 6.45) is 2.38. The van der Waals surface area contributed by atoms with Crippen LogP contribution in [0.4, 0.5) is 0 Å². The van der Waals surface area contributed by atoms with Gasteiger partial charge in [0.1, 0.15) is 0 Å². The van der Waals surface area contributed by atoms with Crippen LogP contribution in [-0.2, 0) is 9.47 Å². The van der Waals surface area contributed by atoms with Crippen molar-refractivity contribution in [1.82, 2.24) is 4.90 Å². The number of rotatable bonds is 2. The first-order chi connectivity index (χ1) is 6.90. The molecule has 14 heavy (non-hydrogen) atoms. The Hall–Kier alpha value is -0.160. The number of nitrogens with zero attached hydrogens (tertiary/aromatic N) is 1. The lowest BCUT2D eigenvalue weighted by molar-refractivity contribution is -0.0837. The zero-order valence-corrected chi connectivity index (χ0v) is 8.52. The quantitative estimate of drug-likeness (QED) is 0.675. The molecule has 0 bridgehead atoms. The number of ether oxygens (including phenoxy) is 2. The Labute approximate surface area is 84.8 Å². The van der Waals surface area contributed by atoms with Gasteiger partial charge in [-0.25, -0.2) is 0 Å². The topological polar surface area (TPSA) is 41.9 Å². The van der Waals surface area contributed by atoms with E-state index in [1.54, 1.807) is 0 Å². The molecule has 0 aromatic carbocycles. The Bertz CT molecular complexity index is 171. The van der Waals surface area contributed by atoms with E-state index < -0.39 is 0 Å². The molecule has 2 aliphatic rings. The van der Waals surface area contributed by atoms with Gasteiger partial charge < -0.3 is 14.6 Å². The summed E-state index contributed by atoms with van der Waals surface area (Å²) in [5.74, 6) is 0. The van der Waals surface area contributed by atoms with Crippen LogP contribution in [0, 0.1) is 0 Å². The summed E-state index contributed by atoms with van der Waals surface area (Å²) in [5.41, 5.74) is 0. The second kappa shape index (κ2) is 5.07. The van der Waals surface area contributed by atoms with Crippen molar-refractivity contribution in [1.29, 1.82) is 0 Å². The maximum atomic E-state index is 9.02. The van der Waals surface area contributed by atoms with Crippen molar-refractivity contribution in [3.8, 4) is 0 Å². The predicted molar refractivity (Wildman–Crippen MR) is 52.2 cm³/mol. The molecule has 2 heterocycles. The van der Waals surface area contributed by atoms with Gasteiger partial charge in [0.25, 0.3) is 0 Å². The van der Waals surface area contributed by atoms with Crippen LogP contribution in [-0.4, -0.2) is 61.7 Å². The molecule has 0 spiro atoms. The minimum atomic E-state index is 0.00526. The molecule has 0 saturated carbocycles. The van der Waals surface area contributed by atoms with Crippen molar-refractivity contribution in [3.05, 3.63) is 0 Å². The van der Waals surface area contributed by atoms with Gasteiger partial charge in [-0.15, -0.1) is 0 Å². The Balaban J connectivity index is 1.83. The van der Waals surface area contributed by atoms with Crippen LogP contribution in [0.1, 0.15) is 12.8 Å². The SMILES string of the molecule is OCC1CN(C2CCCOC2)CCO1. The lowest BCUT2D eigenvalue weighted by Gasteiger charge is -2.39. The molecular weight excluding hydrogens is 182 g/mol. The number of morpholine rings is 1. The van der Waals surface area contributed by atoms with Gasteiger partial charge in [-0.2, -0.15) is 0 Å². The molecule has 2 unspecified atom stereocenters. The zero-order chi connectivity index (χ0) is 9.80. The van der Waals surface area contributed by atoms with Gasteiger partial charge in [0, 0.05) is 25.7 Å². The number of aliphatic hydroxyl groups excluding tert-OH is 1. The number of hydrogen-bond acceptors (Lipinski definition) is 4. The molecule has 0 aromatic heterocycles. The van der Waals surface area contributed by atoms with Crippen LogP contribution in [0.25, 0.3) is 0 Å². The van der Waals surface area contributed by atoms with Gasteiger partial charge in [-0.1, -0.05) is 0 Å². The largest absolute Gasteiger partial charge is 0.394 e. The molecule has 4 heteroatoms. The summed E-state index contributed by atoms with van der Waals surface area (Å²) < 4.78 is 10.9. The fraction of sp³-hybridized carbons (Fsp3) is 1.00. The average molecular weight is 201 g/mol. The standard InChI is InChI=1S/C10H19NO3/c12-7-10-6-11(3-5-14-10)9-2-1-4-13-8-9/h9-10,12H,1-8H2. The molecule has 0 aromatic rings. The highest BCUT2D eigenvalue weighted by Gasteiger charge is 2.27. The van der Waals surface area contributed by atoms with Crippen molar-refractivity contribution < 1.29 is 14.6 Å². The van der Waals surface area contributed by atoms with Crippen molar-refractivity contribution in [3.63, 3.8) is 0 Å². The lowest BCUT2D eigenvalue weighted by atomic mass is 10.1. The van der Waals surface area contributed by atoms with E-state index in [1.165, 1.54) is 6.42 Å². The van der Waals surface area contributed by atoms with E-state index >= 15 is 0 Å². The third-order valence-electron chi connectivity index (χ3n) is 3.03. The minimum Gasteiger partial charge on any atom is -0.394 e. The van der Waals surface area contributed by atoms with Gasteiger partial charge in [0.2, 0.25) is 0 Å². The van der Waals surface area contributed by atoms with E-state index in [1.807, 2.05) is 0 Å². The molecule has 0 aliphatic carbocycles. The molecule has 2 atom stereocenters. The molecule has 82 valence electrons. The molecule has 2 fully saturated rings. The first kappa shape index (κ1) is 10.4. The van der Waals surface area contributed by atoms with Crippen LogP contribution in [0.5, 0.6) is 0 Å². The highest BCUT2D eigenvalue weighted by molar-refractivity contribution is 4.79. The van der Waals surface area contributed by atoms with Crippen LogP contribution < -0.4 is 0 Å². The third kappa shape index (κ3) is 2.45. The highest BCUT2D eigenvalue weighted by Crippen LogP contribution is 2.16. The first-order valence-corrected chi connectivity index (χ1v) is 5.44. The Kier molecular flexibility index (Phi) is 3.75. The van der Waals surface area contributed by atoms with E-state index in [-0.39, 0.29) is 12.7 Å². The summed E-state index contributed by atoms with van der Waals surface area (Å²) in [7, 11) is 0. The van der Waals surface area contributed by atoms with Gasteiger partial charge in [0.05, 0.1) is 25.9 Å². The van der Waals surface area contributed by atoms with E-state index in [2.05, 4.69) is 4.90 Å². The summed E-state index contributed by atoms with van der Waals surface area (Å²) >= 11 is 0. The summed E-state index contributed by atoms with van der Waals surface area (Å²) in [6.45, 7) is 4.45. The predicted octanol–water partition coefficient (Wildman–Crippen LogP) is -0.141. The van der Waals surface area contributed by atoms with E-state index in [0.29, 0.717) is 6.04 Å². The molecule has 1 N–H and O–H groups in total. The molecule has 0 amide bonds. The minimum absolute atomic E-state index is 0.00526. The van der Waals surface area contributed by atoms with Crippen molar-refractivity contribution >= 4 is 0 Å². The summed E-state index contributed by atoms with van der Waals surface area (Å²) in [4.78, 5) is 2.39. The van der Waals surface area contributed by atoms with E-state index in [9.17, 15) is 0 Å². The van der Waals surface area contributed by atoms with Crippen LogP contribution >= 0.6 is 0 Å². The Morgan fingerprint density at radius 3 is 3.00 bits per heavy atom. The molecular formula is C10H19NO3. The van der Waals surface area contributed by atoms with Gasteiger partial charge in [0.15, 0.2) is 0 Å².